The Morgan fingerprint density at radius 1 is 1.26 bits per heavy atom. The van der Waals surface area contributed by atoms with Crippen LogP contribution in [0, 0.1) is 5.92 Å². The number of esters is 1. The van der Waals surface area contributed by atoms with Crippen molar-refractivity contribution in [2.75, 3.05) is 13.7 Å². The van der Waals surface area contributed by atoms with Gasteiger partial charge in [0.2, 0.25) is 5.91 Å². The largest absolute Gasteiger partial charge is 0.480 e. The minimum atomic E-state index is -1.16. The molecule has 0 saturated heterocycles. The molecule has 110 valence electrons. The standard InChI is InChI=1S/C12H22N2O5/c1-8(7-13)3-5-10(15)14-9(12(17)18)4-6-11(16)19-2/h8-9H,3-7,13H2,1-2H3,(H,14,15)(H,17,18). The summed E-state index contributed by atoms with van der Waals surface area (Å²) >= 11 is 0. The number of carbonyl (C=O) groups excluding carboxylic acids is 2. The van der Waals surface area contributed by atoms with Crippen LogP contribution in [-0.2, 0) is 19.1 Å². The van der Waals surface area contributed by atoms with Gasteiger partial charge in [-0.1, -0.05) is 6.92 Å². The second-order valence-corrected chi connectivity index (χ2v) is 4.45. The molecule has 2 atom stereocenters. The first-order valence-corrected chi connectivity index (χ1v) is 6.19. The summed E-state index contributed by atoms with van der Waals surface area (Å²) in [4.78, 5) is 33.4. The number of ether oxygens (including phenoxy) is 1. The lowest BCUT2D eigenvalue weighted by molar-refractivity contribution is -0.144. The van der Waals surface area contributed by atoms with Crippen LogP contribution in [-0.4, -0.2) is 42.6 Å². The number of nitrogens with one attached hydrogen (secondary N) is 1. The second kappa shape index (κ2) is 9.32. The molecular weight excluding hydrogens is 252 g/mol. The minimum absolute atomic E-state index is 0.0141. The monoisotopic (exact) mass is 274 g/mol. The van der Waals surface area contributed by atoms with Crippen LogP contribution >= 0.6 is 0 Å². The van der Waals surface area contributed by atoms with Crippen LogP contribution in [0.4, 0.5) is 0 Å². The fourth-order valence-electron chi connectivity index (χ4n) is 1.38. The Morgan fingerprint density at radius 2 is 1.89 bits per heavy atom. The van der Waals surface area contributed by atoms with E-state index in [9.17, 15) is 14.4 Å². The molecule has 0 radical (unpaired) electrons. The molecule has 0 aromatic heterocycles. The number of amides is 1. The summed E-state index contributed by atoms with van der Waals surface area (Å²) in [7, 11) is 1.23. The van der Waals surface area contributed by atoms with Gasteiger partial charge < -0.3 is 20.9 Å². The zero-order valence-corrected chi connectivity index (χ0v) is 11.3. The first-order valence-electron chi connectivity index (χ1n) is 6.19. The number of hydrogen-bond acceptors (Lipinski definition) is 5. The molecule has 0 aliphatic carbocycles. The zero-order valence-electron chi connectivity index (χ0n) is 11.3. The molecule has 19 heavy (non-hydrogen) atoms. The number of methoxy groups -OCH3 is 1. The normalized spacial score (nSPS) is 13.4. The number of hydrogen-bond donors (Lipinski definition) is 3. The highest BCUT2D eigenvalue weighted by molar-refractivity contribution is 5.84. The van der Waals surface area contributed by atoms with Crippen LogP contribution < -0.4 is 11.1 Å². The van der Waals surface area contributed by atoms with E-state index >= 15 is 0 Å². The highest BCUT2D eigenvalue weighted by atomic mass is 16.5. The van der Waals surface area contributed by atoms with Crippen LogP contribution in [0.2, 0.25) is 0 Å². The fraction of sp³-hybridized carbons (Fsp3) is 0.750. The van der Waals surface area contributed by atoms with Crippen molar-refractivity contribution in [1.29, 1.82) is 0 Å². The third-order valence-electron chi connectivity index (χ3n) is 2.76. The van der Waals surface area contributed by atoms with E-state index in [-0.39, 0.29) is 31.1 Å². The Morgan fingerprint density at radius 3 is 2.37 bits per heavy atom. The van der Waals surface area contributed by atoms with Gasteiger partial charge in [-0.15, -0.1) is 0 Å². The van der Waals surface area contributed by atoms with Gasteiger partial charge in [-0.2, -0.15) is 0 Å². The minimum Gasteiger partial charge on any atom is -0.480 e. The summed E-state index contributed by atoms with van der Waals surface area (Å²) in [6.45, 7) is 2.40. The van der Waals surface area contributed by atoms with Crippen molar-refractivity contribution in [2.45, 2.75) is 38.6 Å². The average molecular weight is 274 g/mol. The topological polar surface area (TPSA) is 119 Å². The van der Waals surface area contributed by atoms with Gasteiger partial charge in [0.1, 0.15) is 6.04 Å². The van der Waals surface area contributed by atoms with Crippen molar-refractivity contribution in [3.63, 3.8) is 0 Å². The Hall–Kier alpha value is -1.63. The van der Waals surface area contributed by atoms with Crippen LogP contribution in [0.25, 0.3) is 0 Å². The number of rotatable bonds is 9. The molecule has 0 aliphatic rings. The van der Waals surface area contributed by atoms with E-state index in [0.717, 1.165) is 0 Å². The number of carboxylic acids is 1. The van der Waals surface area contributed by atoms with E-state index < -0.39 is 18.0 Å². The molecule has 0 spiro atoms. The van der Waals surface area contributed by atoms with Crippen LogP contribution in [0.5, 0.6) is 0 Å². The molecule has 0 aromatic rings. The lowest BCUT2D eigenvalue weighted by atomic mass is 10.1. The number of nitrogens with two attached hydrogens (primary N) is 1. The molecule has 0 heterocycles. The van der Waals surface area contributed by atoms with Crippen molar-refractivity contribution < 1.29 is 24.2 Å². The molecule has 0 fully saturated rings. The Labute approximate surface area is 112 Å². The van der Waals surface area contributed by atoms with Gasteiger partial charge in [0, 0.05) is 12.8 Å². The van der Waals surface area contributed by atoms with Crippen molar-refractivity contribution in [2.24, 2.45) is 11.7 Å². The molecular formula is C12H22N2O5. The van der Waals surface area contributed by atoms with Gasteiger partial charge in [0.25, 0.3) is 0 Å². The summed E-state index contributed by atoms with van der Waals surface area (Å²) in [5, 5.41) is 11.3. The molecule has 2 unspecified atom stereocenters. The maximum atomic E-state index is 11.6. The second-order valence-electron chi connectivity index (χ2n) is 4.45. The number of aliphatic carboxylic acids is 1. The molecule has 0 aromatic carbocycles. The smallest absolute Gasteiger partial charge is 0.326 e. The van der Waals surface area contributed by atoms with E-state index in [2.05, 4.69) is 10.1 Å². The van der Waals surface area contributed by atoms with E-state index in [1.165, 1.54) is 7.11 Å². The molecule has 0 aliphatic heterocycles. The van der Waals surface area contributed by atoms with Crippen molar-refractivity contribution >= 4 is 17.8 Å². The SMILES string of the molecule is COC(=O)CCC(NC(=O)CCC(C)CN)C(=O)O. The Kier molecular flexibility index (Phi) is 8.52. The van der Waals surface area contributed by atoms with Gasteiger partial charge in [-0.3, -0.25) is 9.59 Å². The van der Waals surface area contributed by atoms with E-state index in [1.807, 2.05) is 6.92 Å². The van der Waals surface area contributed by atoms with Crippen molar-refractivity contribution in [3.05, 3.63) is 0 Å². The molecule has 0 rings (SSSR count). The maximum Gasteiger partial charge on any atom is 0.326 e. The third kappa shape index (κ3) is 8.15. The molecule has 0 bridgehead atoms. The molecule has 0 saturated carbocycles. The van der Waals surface area contributed by atoms with Gasteiger partial charge >= 0.3 is 11.9 Å². The Balaban J connectivity index is 4.15. The van der Waals surface area contributed by atoms with Gasteiger partial charge in [-0.25, -0.2) is 4.79 Å². The fourth-order valence-corrected chi connectivity index (χ4v) is 1.38. The van der Waals surface area contributed by atoms with Crippen LogP contribution in [0.3, 0.4) is 0 Å². The highest BCUT2D eigenvalue weighted by Crippen LogP contribution is 2.05. The van der Waals surface area contributed by atoms with E-state index in [4.69, 9.17) is 10.8 Å². The first-order chi connectivity index (χ1) is 8.90. The predicted molar refractivity (Wildman–Crippen MR) is 68.3 cm³/mol. The highest BCUT2D eigenvalue weighted by Gasteiger charge is 2.21. The first kappa shape index (κ1) is 17.4. The van der Waals surface area contributed by atoms with Gasteiger partial charge in [0.05, 0.1) is 7.11 Å². The molecule has 7 nitrogen and oxygen atoms in total. The molecule has 7 heteroatoms. The van der Waals surface area contributed by atoms with Gasteiger partial charge in [-0.05, 0) is 25.3 Å². The van der Waals surface area contributed by atoms with Crippen molar-refractivity contribution in [3.8, 4) is 0 Å². The number of carbonyl (C=O) groups is 3. The maximum absolute atomic E-state index is 11.6. The summed E-state index contributed by atoms with van der Waals surface area (Å²) in [5.41, 5.74) is 5.43. The van der Waals surface area contributed by atoms with Crippen molar-refractivity contribution in [1.82, 2.24) is 5.32 Å². The van der Waals surface area contributed by atoms with E-state index in [1.54, 1.807) is 0 Å². The summed E-state index contributed by atoms with van der Waals surface area (Å²) < 4.78 is 4.42. The molecule has 4 N–H and O–H groups in total. The zero-order chi connectivity index (χ0) is 14.8. The summed E-state index contributed by atoms with van der Waals surface area (Å²) in [5.74, 6) is -1.80. The van der Waals surface area contributed by atoms with E-state index in [0.29, 0.717) is 13.0 Å². The third-order valence-corrected chi connectivity index (χ3v) is 2.76. The van der Waals surface area contributed by atoms with Gasteiger partial charge in [0.15, 0.2) is 0 Å². The predicted octanol–water partition coefficient (Wildman–Crippen LogP) is -0.116. The Bertz CT molecular complexity index is 319. The average Bonchev–Trinajstić information content (AvgIpc) is 2.39. The summed E-state index contributed by atoms with van der Waals surface area (Å²) in [6, 6.07) is -1.07. The van der Waals surface area contributed by atoms with Crippen LogP contribution in [0.1, 0.15) is 32.6 Å². The van der Waals surface area contributed by atoms with Crippen LogP contribution in [0.15, 0.2) is 0 Å². The molecule has 1 amide bonds. The number of carboxylic acid groups (broad SMARTS) is 1. The lowest BCUT2D eigenvalue weighted by Crippen LogP contribution is -2.41. The quantitative estimate of drug-likeness (QED) is 0.504. The summed E-state index contributed by atoms with van der Waals surface area (Å²) in [6.07, 6.45) is 0.791. The lowest BCUT2D eigenvalue weighted by Gasteiger charge is -2.14.